The summed E-state index contributed by atoms with van der Waals surface area (Å²) >= 11 is 1.19. The number of likely N-dealkylation sites (tertiary alicyclic amines) is 1. The largest absolute Gasteiger partial charge is 0.358 e. The number of amides is 1. The quantitative estimate of drug-likeness (QED) is 0.159. The first-order valence-electron chi connectivity index (χ1n) is 8.88. The van der Waals surface area contributed by atoms with E-state index < -0.39 is 10.0 Å². The first-order valence-corrected chi connectivity index (χ1v) is 11.2. The number of piperidine rings is 1. The average Bonchev–Trinajstić information content (AvgIpc) is 3.21. The fourth-order valence-electron chi connectivity index (χ4n) is 2.76. The zero-order chi connectivity index (χ0) is 19.7. The number of guanidine groups is 1. The van der Waals surface area contributed by atoms with Crippen molar-refractivity contribution in [2.45, 2.75) is 23.1 Å². The molecule has 0 atom stereocenters. The van der Waals surface area contributed by atoms with Gasteiger partial charge in [-0.05, 0) is 24.3 Å². The van der Waals surface area contributed by atoms with E-state index in [4.69, 9.17) is 0 Å². The second-order valence-corrected chi connectivity index (χ2v) is 9.14. The molecule has 1 aliphatic heterocycles. The van der Waals surface area contributed by atoms with Crippen LogP contribution in [0.2, 0.25) is 0 Å². The van der Waals surface area contributed by atoms with Gasteiger partial charge in [0.05, 0.1) is 6.54 Å². The number of halogens is 1. The van der Waals surface area contributed by atoms with E-state index >= 15 is 0 Å². The third kappa shape index (κ3) is 8.19. The van der Waals surface area contributed by atoms with Gasteiger partial charge in [-0.2, -0.15) is 0 Å². The number of carbonyl (C=O) groups excluding carboxylic acids is 1. The summed E-state index contributed by atoms with van der Waals surface area (Å²) in [5, 5.41) is 10.9. The number of hydrogen-bond donors (Lipinski definition) is 4. The third-order valence-electron chi connectivity index (χ3n) is 4.27. The molecule has 1 aromatic rings. The summed E-state index contributed by atoms with van der Waals surface area (Å²) in [6.07, 6.45) is 1.84. The number of nitrogens with zero attached hydrogens (tertiary/aromatic N) is 2. The zero-order valence-electron chi connectivity index (χ0n) is 16.1. The predicted octanol–water partition coefficient (Wildman–Crippen LogP) is 0.0198. The van der Waals surface area contributed by atoms with Gasteiger partial charge >= 0.3 is 0 Å². The molecule has 2 rings (SSSR count). The summed E-state index contributed by atoms with van der Waals surface area (Å²) in [5.74, 6) is 0.680. The molecule has 1 aliphatic rings. The van der Waals surface area contributed by atoms with Crippen LogP contribution in [-0.4, -0.2) is 78.0 Å². The Kier molecular flexibility index (Phi) is 11.3. The van der Waals surface area contributed by atoms with Gasteiger partial charge in [-0.15, -0.1) is 35.3 Å². The molecule has 9 nitrogen and oxygen atoms in total. The molecule has 0 unspecified atom stereocenters. The predicted molar refractivity (Wildman–Crippen MR) is 123 cm³/mol. The SMILES string of the molecule is CN=C(NCCNS(=O)(=O)c1cccs1)NC1CCN(CC(=O)NC)CC1.I. The minimum atomic E-state index is -3.44. The van der Waals surface area contributed by atoms with Crippen LogP contribution in [0.15, 0.2) is 26.7 Å². The molecule has 0 radical (unpaired) electrons. The van der Waals surface area contributed by atoms with Crippen LogP contribution in [0.3, 0.4) is 0 Å². The second kappa shape index (κ2) is 12.6. The first-order chi connectivity index (χ1) is 12.9. The molecule has 1 fully saturated rings. The number of sulfonamides is 1. The first kappa shape index (κ1) is 25.1. The second-order valence-electron chi connectivity index (χ2n) is 6.20. The maximum Gasteiger partial charge on any atom is 0.250 e. The summed E-state index contributed by atoms with van der Waals surface area (Å²) in [6, 6.07) is 3.57. The maximum atomic E-state index is 12.0. The van der Waals surface area contributed by atoms with Crippen molar-refractivity contribution >= 4 is 57.2 Å². The van der Waals surface area contributed by atoms with E-state index in [0.717, 1.165) is 25.9 Å². The highest BCUT2D eigenvalue weighted by Crippen LogP contribution is 2.14. The minimum Gasteiger partial charge on any atom is -0.358 e. The van der Waals surface area contributed by atoms with Crippen LogP contribution in [0.5, 0.6) is 0 Å². The van der Waals surface area contributed by atoms with Crippen LogP contribution < -0.4 is 20.7 Å². The molecule has 160 valence electrons. The summed E-state index contributed by atoms with van der Waals surface area (Å²) in [5.41, 5.74) is 0. The van der Waals surface area contributed by atoms with Crippen molar-refractivity contribution in [3.63, 3.8) is 0 Å². The lowest BCUT2D eigenvalue weighted by molar-refractivity contribution is -0.122. The molecule has 0 aromatic carbocycles. The number of aliphatic imine (C=N–C) groups is 1. The van der Waals surface area contributed by atoms with Gasteiger partial charge in [0, 0.05) is 46.3 Å². The van der Waals surface area contributed by atoms with Crippen LogP contribution in [0.25, 0.3) is 0 Å². The van der Waals surface area contributed by atoms with Crippen molar-refractivity contribution in [2.75, 3.05) is 46.8 Å². The van der Waals surface area contributed by atoms with E-state index in [2.05, 4.69) is 30.6 Å². The lowest BCUT2D eigenvalue weighted by atomic mass is 10.1. The van der Waals surface area contributed by atoms with Gasteiger partial charge in [0.1, 0.15) is 4.21 Å². The smallest absolute Gasteiger partial charge is 0.250 e. The summed E-state index contributed by atoms with van der Waals surface area (Å²) in [7, 11) is -0.105. The number of rotatable bonds is 8. The van der Waals surface area contributed by atoms with E-state index in [1.165, 1.54) is 11.3 Å². The highest BCUT2D eigenvalue weighted by molar-refractivity contribution is 14.0. The number of likely N-dealkylation sites (N-methyl/N-ethyl adjacent to an activating group) is 1. The topological polar surface area (TPSA) is 115 Å². The molecule has 1 saturated heterocycles. The Balaban J connectivity index is 0.00000392. The fraction of sp³-hybridized carbons (Fsp3) is 0.625. The Morgan fingerprint density at radius 3 is 2.61 bits per heavy atom. The van der Waals surface area contributed by atoms with Crippen LogP contribution in [0.4, 0.5) is 0 Å². The van der Waals surface area contributed by atoms with E-state index in [1.807, 2.05) is 0 Å². The van der Waals surface area contributed by atoms with E-state index in [-0.39, 0.29) is 42.5 Å². The average molecular weight is 544 g/mol. The monoisotopic (exact) mass is 544 g/mol. The van der Waals surface area contributed by atoms with Crippen molar-refractivity contribution in [1.29, 1.82) is 0 Å². The Bertz CT molecular complexity index is 719. The van der Waals surface area contributed by atoms with Gasteiger partial charge in [-0.3, -0.25) is 14.7 Å². The van der Waals surface area contributed by atoms with Crippen LogP contribution in [-0.2, 0) is 14.8 Å². The van der Waals surface area contributed by atoms with Crippen LogP contribution in [0, 0.1) is 0 Å². The number of thiophene rings is 1. The molecule has 4 N–H and O–H groups in total. The van der Waals surface area contributed by atoms with Crippen LogP contribution in [0.1, 0.15) is 12.8 Å². The molecule has 2 heterocycles. The molecule has 1 aromatic heterocycles. The van der Waals surface area contributed by atoms with Gasteiger partial charge in [0.15, 0.2) is 5.96 Å². The van der Waals surface area contributed by atoms with Crippen molar-refractivity contribution in [2.24, 2.45) is 4.99 Å². The molecule has 0 spiro atoms. The van der Waals surface area contributed by atoms with E-state index in [1.54, 1.807) is 31.6 Å². The normalized spacial score (nSPS) is 16.3. The van der Waals surface area contributed by atoms with E-state index in [0.29, 0.717) is 23.3 Å². The van der Waals surface area contributed by atoms with Crippen molar-refractivity contribution in [3.8, 4) is 0 Å². The summed E-state index contributed by atoms with van der Waals surface area (Å²) < 4.78 is 27.0. The molecule has 1 amide bonds. The fourth-order valence-corrected chi connectivity index (χ4v) is 4.83. The van der Waals surface area contributed by atoms with Crippen LogP contribution >= 0.6 is 35.3 Å². The zero-order valence-corrected chi connectivity index (χ0v) is 20.1. The van der Waals surface area contributed by atoms with Crippen molar-refractivity contribution < 1.29 is 13.2 Å². The lowest BCUT2D eigenvalue weighted by Gasteiger charge is -2.32. The molecule has 0 saturated carbocycles. The molecule has 12 heteroatoms. The lowest BCUT2D eigenvalue weighted by Crippen LogP contribution is -2.50. The Morgan fingerprint density at radius 2 is 2.04 bits per heavy atom. The molecule has 28 heavy (non-hydrogen) atoms. The van der Waals surface area contributed by atoms with Gasteiger partial charge in [-0.25, -0.2) is 13.1 Å². The van der Waals surface area contributed by atoms with E-state index in [9.17, 15) is 13.2 Å². The highest BCUT2D eigenvalue weighted by atomic mass is 127. The maximum absolute atomic E-state index is 12.0. The Hall–Kier alpha value is -0.960. The molecular formula is C16H29IN6O3S2. The van der Waals surface area contributed by atoms with Gasteiger partial charge < -0.3 is 16.0 Å². The van der Waals surface area contributed by atoms with Gasteiger partial charge in [0.2, 0.25) is 15.9 Å². The summed E-state index contributed by atoms with van der Waals surface area (Å²) in [6.45, 7) is 2.83. The van der Waals surface area contributed by atoms with Gasteiger partial charge in [0.25, 0.3) is 0 Å². The molecule has 0 bridgehead atoms. The Morgan fingerprint density at radius 1 is 1.32 bits per heavy atom. The standard InChI is InChI=1S/C16H28N6O3S2.HI/c1-17-14(23)12-22-9-5-13(6-10-22)21-16(18-2)19-7-8-20-27(24,25)15-4-3-11-26-15;/h3-4,11,13,20H,5-10,12H2,1-2H3,(H,17,23)(H2,18,19,21);1H. The molecular weight excluding hydrogens is 515 g/mol. The number of carbonyl (C=O) groups is 1. The van der Waals surface area contributed by atoms with Crippen molar-refractivity contribution in [3.05, 3.63) is 17.5 Å². The highest BCUT2D eigenvalue weighted by Gasteiger charge is 2.21. The number of hydrogen-bond acceptors (Lipinski definition) is 6. The Labute approximate surface area is 187 Å². The molecule has 0 aliphatic carbocycles. The minimum absolute atomic E-state index is 0. The number of nitrogens with one attached hydrogen (secondary N) is 4. The third-order valence-corrected chi connectivity index (χ3v) is 7.13. The van der Waals surface area contributed by atoms with Gasteiger partial charge in [-0.1, -0.05) is 6.07 Å². The summed E-state index contributed by atoms with van der Waals surface area (Å²) in [4.78, 5) is 17.8. The van der Waals surface area contributed by atoms with Crippen molar-refractivity contribution in [1.82, 2.24) is 25.6 Å².